The molecule has 1 fully saturated rings. The molecule has 3 N–H and O–H groups in total. The number of carbonyl (C=O) groups excluding carboxylic acids is 1. The molecule has 1 saturated carbocycles. The Morgan fingerprint density at radius 1 is 1.29 bits per heavy atom. The highest BCUT2D eigenvalue weighted by Gasteiger charge is 2.25. The van der Waals surface area contributed by atoms with E-state index in [1.54, 1.807) is 36.2 Å². The summed E-state index contributed by atoms with van der Waals surface area (Å²) in [7, 11) is 1.76. The molecule has 5 nitrogen and oxygen atoms in total. The molecule has 1 aliphatic carbocycles. The maximum absolute atomic E-state index is 12.0. The van der Waals surface area contributed by atoms with Crippen LogP contribution in [0.25, 0.3) is 0 Å². The first-order chi connectivity index (χ1) is 10.1. The molecule has 1 aromatic carbocycles. The Balaban J connectivity index is 1.78. The minimum atomic E-state index is -0.286. The molecule has 21 heavy (non-hydrogen) atoms. The van der Waals surface area contributed by atoms with E-state index in [1.807, 2.05) is 0 Å². The summed E-state index contributed by atoms with van der Waals surface area (Å²) < 4.78 is 0. The molecule has 2 amide bonds. The van der Waals surface area contributed by atoms with Crippen molar-refractivity contribution < 1.29 is 15.0 Å². The third-order valence-electron chi connectivity index (χ3n) is 4.10. The van der Waals surface area contributed by atoms with E-state index in [1.165, 1.54) is 0 Å². The molecular formula is C16H24N2O3. The fourth-order valence-corrected chi connectivity index (χ4v) is 2.76. The number of rotatable bonds is 4. The lowest BCUT2D eigenvalue weighted by Gasteiger charge is -2.31. The second kappa shape index (κ2) is 7.31. The van der Waals surface area contributed by atoms with Gasteiger partial charge in [-0.25, -0.2) is 4.79 Å². The first-order valence-corrected chi connectivity index (χ1v) is 7.51. The lowest BCUT2D eigenvalue weighted by molar-refractivity contribution is 0.0565. The van der Waals surface area contributed by atoms with Crippen LogP contribution in [0.1, 0.15) is 31.2 Å². The van der Waals surface area contributed by atoms with Crippen LogP contribution in [-0.2, 0) is 6.54 Å². The van der Waals surface area contributed by atoms with Gasteiger partial charge in [0.15, 0.2) is 0 Å². The summed E-state index contributed by atoms with van der Waals surface area (Å²) in [6, 6.07) is 6.62. The van der Waals surface area contributed by atoms with E-state index < -0.39 is 0 Å². The zero-order chi connectivity index (χ0) is 15.2. The monoisotopic (exact) mass is 292 g/mol. The highest BCUT2D eigenvalue weighted by Crippen LogP contribution is 2.24. The van der Waals surface area contributed by atoms with Gasteiger partial charge < -0.3 is 20.4 Å². The van der Waals surface area contributed by atoms with Crippen LogP contribution >= 0.6 is 0 Å². The first kappa shape index (κ1) is 15.6. The molecule has 0 radical (unpaired) electrons. The Morgan fingerprint density at radius 2 is 1.95 bits per heavy atom. The molecule has 2 atom stereocenters. The maximum Gasteiger partial charge on any atom is 0.317 e. The topological polar surface area (TPSA) is 72.8 Å². The largest absolute Gasteiger partial charge is 0.508 e. The number of hydrogen-bond donors (Lipinski definition) is 3. The van der Waals surface area contributed by atoms with Crippen LogP contribution in [0.5, 0.6) is 5.75 Å². The Hall–Kier alpha value is -1.75. The number of carbonyl (C=O) groups is 1. The second-order valence-electron chi connectivity index (χ2n) is 5.82. The lowest BCUT2D eigenvalue weighted by atomic mass is 9.86. The van der Waals surface area contributed by atoms with E-state index in [-0.39, 0.29) is 23.8 Å². The summed E-state index contributed by atoms with van der Waals surface area (Å²) in [5, 5.41) is 22.0. The van der Waals surface area contributed by atoms with Gasteiger partial charge >= 0.3 is 6.03 Å². The third-order valence-corrected chi connectivity index (χ3v) is 4.10. The lowest BCUT2D eigenvalue weighted by Crippen LogP contribution is -2.42. The van der Waals surface area contributed by atoms with Crippen LogP contribution in [0.15, 0.2) is 24.3 Å². The normalized spacial score (nSPS) is 21.8. The van der Waals surface area contributed by atoms with Gasteiger partial charge in [0.2, 0.25) is 0 Å². The van der Waals surface area contributed by atoms with Crippen molar-refractivity contribution in [3.8, 4) is 5.75 Å². The van der Waals surface area contributed by atoms with Gasteiger partial charge in [0, 0.05) is 26.1 Å². The number of nitrogens with zero attached hydrogens (tertiary/aromatic N) is 1. The molecule has 116 valence electrons. The second-order valence-corrected chi connectivity index (χ2v) is 5.82. The van der Waals surface area contributed by atoms with Crippen molar-refractivity contribution in [2.75, 3.05) is 13.6 Å². The molecule has 1 aliphatic rings. The average molecular weight is 292 g/mol. The van der Waals surface area contributed by atoms with Crippen LogP contribution < -0.4 is 5.32 Å². The number of urea groups is 1. The number of amides is 2. The average Bonchev–Trinajstić information content (AvgIpc) is 2.48. The Bertz CT molecular complexity index is 461. The zero-order valence-electron chi connectivity index (χ0n) is 12.5. The number of nitrogens with one attached hydrogen (secondary N) is 1. The van der Waals surface area contributed by atoms with E-state index in [9.17, 15) is 15.0 Å². The summed E-state index contributed by atoms with van der Waals surface area (Å²) in [5.74, 6) is 0.400. The van der Waals surface area contributed by atoms with E-state index >= 15 is 0 Å². The Kier molecular flexibility index (Phi) is 5.44. The number of aromatic hydroxyl groups is 1. The maximum atomic E-state index is 12.0. The summed E-state index contributed by atoms with van der Waals surface area (Å²) in [6.45, 7) is 1.01. The van der Waals surface area contributed by atoms with E-state index in [2.05, 4.69) is 5.32 Å². The molecule has 2 rings (SSSR count). The fraction of sp³-hybridized carbons (Fsp3) is 0.562. The molecule has 0 aliphatic heterocycles. The molecule has 0 spiro atoms. The summed E-state index contributed by atoms with van der Waals surface area (Å²) in [5.41, 5.74) is 0.937. The number of aliphatic hydroxyl groups excluding tert-OH is 1. The van der Waals surface area contributed by atoms with Gasteiger partial charge in [-0.3, -0.25) is 0 Å². The predicted octanol–water partition coefficient (Wildman–Crippen LogP) is 2.08. The van der Waals surface area contributed by atoms with Crippen molar-refractivity contribution in [3.05, 3.63) is 29.8 Å². The molecule has 0 saturated heterocycles. The van der Waals surface area contributed by atoms with Gasteiger partial charge in [0.1, 0.15) is 5.75 Å². The van der Waals surface area contributed by atoms with Crippen molar-refractivity contribution in [1.82, 2.24) is 10.2 Å². The molecule has 5 heteroatoms. The SMILES string of the molecule is CN(CC1CCCCC1O)C(=O)NCc1ccc(O)cc1. The molecule has 0 heterocycles. The van der Waals surface area contributed by atoms with Crippen LogP contribution in [0.3, 0.4) is 0 Å². The van der Waals surface area contributed by atoms with Crippen molar-refractivity contribution in [1.29, 1.82) is 0 Å². The smallest absolute Gasteiger partial charge is 0.317 e. The molecule has 0 bridgehead atoms. The van der Waals surface area contributed by atoms with Crippen LogP contribution in [0, 0.1) is 5.92 Å². The summed E-state index contributed by atoms with van der Waals surface area (Å²) >= 11 is 0. The minimum absolute atomic E-state index is 0.138. The van der Waals surface area contributed by atoms with Crippen LogP contribution in [0.4, 0.5) is 4.79 Å². The molecule has 1 aromatic rings. The number of phenolic OH excluding ortho intramolecular Hbond substituents is 1. The first-order valence-electron chi connectivity index (χ1n) is 7.51. The Morgan fingerprint density at radius 3 is 2.62 bits per heavy atom. The van der Waals surface area contributed by atoms with Crippen molar-refractivity contribution in [2.45, 2.75) is 38.3 Å². The molecule has 2 unspecified atom stereocenters. The number of benzene rings is 1. The summed E-state index contributed by atoms with van der Waals surface area (Å²) in [4.78, 5) is 13.7. The van der Waals surface area contributed by atoms with Crippen molar-refractivity contribution in [3.63, 3.8) is 0 Å². The standard InChI is InChI=1S/C16H24N2O3/c1-18(11-13-4-2-3-5-15(13)20)16(21)17-10-12-6-8-14(19)9-7-12/h6-9,13,15,19-20H,2-5,10-11H2,1H3,(H,17,21). The van der Waals surface area contributed by atoms with Crippen LogP contribution in [-0.4, -0.2) is 40.8 Å². The quantitative estimate of drug-likeness (QED) is 0.795. The van der Waals surface area contributed by atoms with Gasteiger partial charge in [-0.2, -0.15) is 0 Å². The van der Waals surface area contributed by atoms with E-state index in [0.29, 0.717) is 13.1 Å². The van der Waals surface area contributed by atoms with Gasteiger partial charge in [-0.05, 0) is 30.5 Å². The minimum Gasteiger partial charge on any atom is -0.508 e. The van der Waals surface area contributed by atoms with Gasteiger partial charge in [0.05, 0.1) is 6.10 Å². The summed E-state index contributed by atoms with van der Waals surface area (Å²) in [6.07, 6.45) is 3.75. The van der Waals surface area contributed by atoms with Crippen molar-refractivity contribution in [2.24, 2.45) is 5.92 Å². The number of phenols is 1. The highest BCUT2D eigenvalue weighted by molar-refractivity contribution is 5.73. The number of hydrogen-bond acceptors (Lipinski definition) is 3. The predicted molar refractivity (Wildman–Crippen MR) is 80.9 cm³/mol. The van der Waals surface area contributed by atoms with E-state index in [0.717, 1.165) is 31.2 Å². The Labute approximate surface area is 125 Å². The van der Waals surface area contributed by atoms with Crippen LogP contribution in [0.2, 0.25) is 0 Å². The zero-order valence-corrected chi connectivity index (χ0v) is 12.5. The highest BCUT2D eigenvalue weighted by atomic mass is 16.3. The van der Waals surface area contributed by atoms with E-state index in [4.69, 9.17) is 0 Å². The van der Waals surface area contributed by atoms with Gasteiger partial charge in [-0.1, -0.05) is 25.0 Å². The third kappa shape index (κ3) is 4.63. The van der Waals surface area contributed by atoms with Crippen molar-refractivity contribution >= 4 is 6.03 Å². The van der Waals surface area contributed by atoms with Gasteiger partial charge in [0.25, 0.3) is 0 Å². The number of aliphatic hydroxyl groups is 1. The molecular weight excluding hydrogens is 268 g/mol. The molecule has 0 aromatic heterocycles. The fourth-order valence-electron chi connectivity index (χ4n) is 2.76. The van der Waals surface area contributed by atoms with Gasteiger partial charge in [-0.15, -0.1) is 0 Å².